The van der Waals surface area contributed by atoms with E-state index in [2.05, 4.69) is 6.92 Å². The van der Waals surface area contributed by atoms with Gasteiger partial charge in [-0.3, -0.25) is 4.79 Å². The quantitative estimate of drug-likeness (QED) is 0.736. The largest absolute Gasteiger partial charge is 0.480 e. The number of aliphatic carboxylic acids is 1. The summed E-state index contributed by atoms with van der Waals surface area (Å²) in [5.41, 5.74) is 0. The fourth-order valence-electron chi connectivity index (χ4n) is 1.66. The molecule has 0 radical (unpaired) electrons. The summed E-state index contributed by atoms with van der Waals surface area (Å²) in [4.78, 5) is 11.0. The van der Waals surface area contributed by atoms with Crippen LogP contribution in [-0.4, -0.2) is 21.6 Å². The molecular formula is C9H16O2S. The van der Waals surface area contributed by atoms with Crippen molar-refractivity contribution in [3.05, 3.63) is 0 Å². The van der Waals surface area contributed by atoms with Crippen LogP contribution in [0.2, 0.25) is 0 Å². The Morgan fingerprint density at radius 3 is 2.50 bits per heavy atom. The van der Waals surface area contributed by atoms with Gasteiger partial charge in [0.15, 0.2) is 0 Å². The summed E-state index contributed by atoms with van der Waals surface area (Å²) in [7, 11) is 0. The molecular weight excluding hydrogens is 172 g/mol. The second-order valence-electron chi connectivity index (χ2n) is 3.36. The Morgan fingerprint density at radius 1 is 1.50 bits per heavy atom. The van der Waals surface area contributed by atoms with Crippen LogP contribution in [0.25, 0.3) is 0 Å². The van der Waals surface area contributed by atoms with Gasteiger partial charge >= 0.3 is 5.97 Å². The van der Waals surface area contributed by atoms with Gasteiger partial charge in [-0.25, -0.2) is 0 Å². The summed E-state index contributed by atoms with van der Waals surface area (Å²) in [6.07, 6.45) is 4.98. The molecule has 0 aromatic carbocycles. The molecule has 0 saturated heterocycles. The number of rotatable bonds is 4. The maximum absolute atomic E-state index is 11.0. The molecule has 0 heterocycles. The molecule has 2 nitrogen and oxygen atoms in total. The lowest BCUT2D eigenvalue weighted by Gasteiger charge is -2.22. The maximum Gasteiger partial charge on any atom is 0.319 e. The van der Waals surface area contributed by atoms with E-state index in [0.717, 1.165) is 37.9 Å². The molecule has 1 aliphatic carbocycles. The zero-order valence-corrected chi connectivity index (χ0v) is 8.32. The summed E-state index contributed by atoms with van der Waals surface area (Å²) in [5.74, 6) is 0.380. The van der Waals surface area contributed by atoms with Crippen LogP contribution in [0.1, 0.15) is 39.0 Å². The third-order valence-electron chi connectivity index (χ3n) is 2.38. The van der Waals surface area contributed by atoms with Gasteiger partial charge in [0.1, 0.15) is 4.75 Å². The van der Waals surface area contributed by atoms with Gasteiger partial charge < -0.3 is 5.11 Å². The first-order valence-corrected chi connectivity index (χ1v) is 5.57. The highest BCUT2D eigenvalue weighted by molar-refractivity contribution is 8.01. The van der Waals surface area contributed by atoms with Crippen LogP contribution in [0.15, 0.2) is 0 Å². The highest BCUT2D eigenvalue weighted by Gasteiger charge is 2.41. The molecule has 0 unspecified atom stereocenters. The SMILES string of the molecule is CCCSC1(C(=O)O)CCCC1. The molecule has 0 atom stereocenters. The molecule has 1 saturated carbocycles. The Morgan fingerprint density at radius 2 is 2.08 bits per heavy atom. The molecule has 1 rings (SSSR count). The van der Waals surface area contributed by atoms with Crippen LogP contribution >= 0.6 is 11.8 Å². The molecule has 1 N–H and O–H groups in total. The molecule has 0 aliphatic heterocycles. The van der Waals surface area contributed by atoms with Crippen LogP contribution < -0.4 is 0 Å². The lowest BCUT2D eigenvalue weighted by atomic mass is 10.1. The second kappa shape index (κ2) is 4.17. The number of carbonyl (C=O) groups is 1. The van der Waals surface area contributed by atoms with Gasteiger partial charge in [0, 0.05) is 0 Å². The Balaban J connectivity index is 2.53. The first kappa shape index (κ1) is 9.90. The van der Waals surface area contributed by atoms with Crippen molar-refractivity contribution in [3.8, 4) is 0 Å². The molecule has 12 heavy (non-hydrogen) atoms. The Labute approximate surface area is 77.7 Å². The standard InChI is InChI=1S/C9H16O2S/c1-2-7-12-9(8(10)11)5-3-4-6-9/h2-7H2,1H3,(H,10,11). The van der Waals surface area contributed by atoms with Crippen LogP contribution in [0.4, 0.5) is 0 Å². The minimum atomic E-state index is -0.599. The van der Waals surface area contributed by atoms with Crippen LogP contribution in [0, 0.1) is 0 Å². The molecule has 3 heteroatoms. The number of hydrogen-bond donors (Lipinski definition) is 1. The van der Waals surface area contributed by atoms with Crippen molar-refractivity contribution in [1.29, 1.82) is 0 Å². The smallest absolute Gasteiger partial charge is 0.319 e. The van der Waals surface area contributed by atoms with Gasteiger partial charge in [-0.05, 0) is 25.0 Å². The zero-order valence-electron chi connectivity index (χ0n) is 7.51. The van der Waals surface area contributed by atoms with E-state index in [9.17, 15) is 4.79 Å². The molecule has 0 bridgehead atoms. The number of carboxylic acids is 1. The Kier molecular flexibility index (Phi) is 3.44. The van der Waals surface area contributed by atoms with Gasteiger partial charge in [-0.1, -0.05) is 19.8 Å². The third-order valence-corrected chi connectivity index (χ3v) is 4.13. The highest BCUT2D eigenvalue weighted by atomic mass is 32.2. The van der Waals surface area contributed by atoms with E-state index in [1.165, 1.54) is 0 Å². The van der Waals surface area contributed by atoms with E-state index in [0.29, 0.717) is 0 Å². The van der Waals surface area contributed by atoms with Gasteiger partial charge in [0.05, 0.1) is 0 Å². The monoisotopic (exact) mass is 188 g/mol. The summed E-state index contributed by atoms with van der Waals surface area (Å²) in [5, 5.41) is 9.07. The summed E-state index contributed by atoms with van der Waals surface area (Å²) in [6, 6.07) is 0. The topological polar surface area (TPSA) is 37.3 Å². The number of carboxylic acid groups (broad SMARTS) is 1. The van der Waals surface area contributed by atoms with Crippen molar-refractivity contribution < 1.29 is 9.90 Å². The van der Waals surface area contributed by atoms with Crippen LogP contribution in [0.3, 0.4) is 0 Å². The van der Waals surface area contributed by atoms with E-state index >= 15 is 0 Å². The predicted octanol–water partition coefficient (Wildman–Crippen LogP) is 2.53. The highest BCUT2D eigenvalue weighted by Crippen LogP contribution is 2.41. The van der Waals surface area contributed by atoms with Crippen molar-refractivity contribution in [2.24, 2.45) is 0 Å². The van der Waals surface area contributed by atoms with E-state index in [4.69, 9.17) is 5.11 Å². The zero-order chi connectivity index (χ0) is 9.03. The Bertz CT molecular complexity index is 162. The molecule has 70 valence electrons. The summed E-state index contributed by atoms with van der Waals surface area (Å²) < 4.78 is -0.421. The number of thioether (sulfide) groups is 1. The average molecular weight is 188 g/mol. The molecule has 0 spiro atoms. The van der Waals surface area contributed by atoms with Crippen molar-refractivity contribution in [1.82, 2.24) is 0 Å². The van der Waals surface area contributed by atoms with Crippen molar-refractivity contribution in [3.63, 3.8) is 0 Å². The minimum Gasteiger partial charge on any atom is -0.480 e. The first-order chi connectivity index (χ1) is 5.71. The molecule has 1 aliphatic rings. The van der Waals surface area contributed by atoms with E-state index in [1.807, 2.05) is 0 Å². The van der Waals surface area contributed by atoms with Crippen molar-refractivity contribution in [2.75, 3.05) is 5.75 Å². The molecule has 1 fully saturated rings. The first-order valence-electron chi connectivity index (χ1n) is 4.58. The number of hydrogen-bond acceptors (Lipinski definition) is 2. The predicted molar refractivity (Wildman–Crippen MR) is 51.6 cm³/mol. The van der Waals surface area contributed by atoms with E-state index in [1.54, 1.807) is 11.8 Å². The minimum absolute atomic E-state index is 0.421. The Hall–Kier alpha value is -0.180. The van der Waals surface area contributed by atoms with Gasteiger partial charge in [0.2, 0.25) is 0 Å². The fraction of sp³-hybridized carbons (Fsp3) is 0.889. The van der Waals surface area contributed by atoms with Crippen LogP contribution in [-0.2, 0) is 4.79 Å². The van der Waals surface area contributed by atoms with Crippen molar-refractivity contribution >= 4 is 17.7 Å². The molecule has 0 aromatic rings. The van der Waals surface area contributed by atoms with Crippen LogP contribution in [0.5, 0.6) is 0 Å². The molecule has 0 amide bonds. The fourth-order valence-corrected chi connectivity index (χ4v) is 2.96. The van der Waals surface area contributed by atoms with Gasteiger partial charge in [-0.2, -0.15) is 0 Å². The third kappa shape index (κ3) is 1.94. The maximum atomic E-state index is 11.0. The second-order valence-corrected chi connectivity index (χ2v) is 4.83. The van der Waals surface area contributed by atoms with Gasteiger partial charge in [0.25, 0.3) is 0 Å². The lowest BCUT2D eigenvalue weighted by molar-refractivity contribution is -0.139. The van der Waals surface area contributed by atoms with E-state index < -0.39 is 10.7 Å². The lowest BCUT2D eigenvalue weighted by Crippen LogP contribution is -2.31. The van der Waals surface area contributed by atoms with E-state index in [-0.39, 0.29) is 0 Å². The summed E-state index contributed by atoms with van der Waals surface area (Å²) in [6.45, 7) is 2.09. The average Bonchev–Trinajstić information content (AvgIpc) is 2.50. The normalized spacial score (nSPS) is 21.1. The molecule has 0 aromatic heterocycles. The summed E-state index contributed by atoms with van der Waals surface area (Å²) >= 11 is 1.64. The van der Waals surface area contributed by atoms with Crippen molar-refractivity contribution in [2.45, 2.75) is 43.8 Å². The van der Waals surface area contributed by atoms with Gasteiger partial charge in [-0.15, -0.1) is 11.8 Å².